The second-order valence-corrected chi connectivity index (χ2v) is 9.61. The number of nitrogens with zero attached hydrogens (tertiary/aromatic N) is 6. The molecule has 7 rings (SSSR count). The second-order valence-electron chi connectivity index (χ2n) is 9.61. The first-order valence-electron chi connectivity index (χ1n) is 13.7. The van der Waals surface area contributed by atoms with Gasteiger partial charge in [0, 0.05) is 10.8 Å². The van der Waals surface area contributed by atoms with Crippen LogP contribution in [0.15, 0.2) is 97.1 Å². The van der Waals surface area contributed by atoms with Gasteiger partial charge in [0.15, 0.2) is 11.0 Å². The lowest BCUT2D eigenvalue weighted by atomic mass is 10.2. The topological polar surface area (TPSA) is 96.4 Å². The number of ether oxygens (including phenoxy) is 2. The summed E-state index contributed by atoms with van der Waals surface area (Å²) in [5.41, 5.74) is 4.94. The van der Waals surface area contributed by atoms with Crippen molar-refractivity contribution in [1.82, 2.24) is 19.8 Å². The van der Waals surface area contributed by atoms with E-state index in [2.05, 4.69) is 10.2 Å². The van der Waals surface area contributed by atoms with E-state index in [9.17, 15) is 9.59 Å². The van der Waals surface area contributed by atoms with Crippen LogP contribution in [0, 0.1) is 0 Å². The van der Waals surface area contributed by atoms with Crippen LogP contribution in [0.4, 0.5) is 0 Å². The van der Waals surface area contributed by atoms with Crippen LogP contribution in [0.1, 0.15) is 34.8 Å². The Kier molecular flexibility index (Phi) is 6.08. The molecule has 10 nitrogen and oxygen atoms in total. The number of hydrogen-bond acceptors (Lipinski definition) is 6. The number of pyridine rings is 2. The molecule has 7 aromatic rings. The summed E-state index contributed by atoms with van der Waals surface area (Å²) in [6.07, 6.45) is 0. The van der Waals surface area contributed by atoms with Crippen molar-refractivity contribution >= 4 is 44.8 Å². The van der Waals surface area contributed by atoms with Gasteiger partial charge in [-0.05, 0) is 84.1 Å². The monoisotopic (exact) mass is 558 g/mol. The van der Waals surface area contributed by atoms with Crippen LogP contribution in [0.2, 0.25) is 0 Å². The van der Waals surface area contributed by atoms with E-state index in [4.69, 9.17) is 9.47 Å². The number of hydrogen-bond donors (Lipinski definition) is 0. The average molecular weight is 559 g/mol. The maximum Gasteiger partial charge on any atom is 0.390 e. The van der Waals surface area contributed by atoms with Crippen molar-refractivity contribution in [3.8, 4) is 11.4 Å². The Morgan fingerprint density at radius 1 is 0.571 bits per heavy atom. The summed E-state index contributed by atoms with van der Waals surface area (Å²) in [5, 5.41) is 11.4. The summed E-state index contributed by atoms with van der Waals surface area (Å²) < 4.78 is 14.4. The number of fused-ring (bicyclic) bond motifs is 6. The van der Waals surface area contributed by atoms with E-state index in [1.807, 2.05) is 106 Å². The largest absolute Gasteiger partial charge is 0.459 e. The second kappa shape index (κ2) is 10.1. The summed E-state index contributed by atoms with van der Waals surface area (Å²) in [6.45, 7) is 4.04. The fourth-order valence-electron chi connectivity index (χ4n) is 5.28. The Morgan fingerprint density at radius 3 is 1.38 bits per heavy atom. The molecule has 0 aliphatic carbocycles. The zero-order valence-corrected chi connectivity index (χ0v) is 23.0. The van der Waals surface area contributed by atoms with Crippen LogP contribution in [0.5, 0.6) is 0 Å². The molecule has 0 aliphatic rings. The Morgan fingerprint density at radius 2 is 0.976 bits per heavy atom. The molecule has 4 aromatic heterocycles. The van der Waals surface area contributed by atoms with Crippen molar-refractivity contribution in [2.45, 2.75) is 13.8 Å². The van der Waals surface area contributed by atoms with Crippen molar-refractivity contribution in [3.05, 3.63) is 108 Å². The van der Waals surface area contributed by atoms with Gasteiger partial charge in [0.25, 0.3) is 0 Å². The molecule has 0 saturated heterocycles. The molecule has 10 heteroatoms. The van der Waals surface area contributed by atoms with Gasteiger partial charge in [0.2, 0.25) is 11.0 Å². The van der Waals surface area contributed by atoms with Crippen LogP contribution in [0.3, 0.4) is 0 Å². The first kappa shape index (κ1) is 25.3. The van der Waals surface area contributed by atoms with E-state index < -0.39 is 11.9 Å². The van der Waals surface area contributed by atoms with Crippen molar-refractivity contribution in [2.75, 3.05) is 13.2 Å². The van der Waals surface area contributed by atoms with Crippen LogP contribution >= 0.6 is 0 Å². The van der Waals surface area contributed by atoms with Crippen molar-refractivity contribution in [1.29, 1.82) is 0 Å². The molecule has 3 aromatic carbocycles. The highest BCUT2D eigenvalue weighted by atomic mass is 16.5. The number of benzene rings is 3. The van der Waals surface area contributed by atoms with Crippen molar-refractivity contribution in [2.24, 2.45) is 0 Å². The van der Waals surface area contributed by atoms with E-state index in [-0.39, 0.29) is 24.6 Å². The SMILES string of the molecule is CCOC(=O)c1nn(-c2ccc(-n3nc(C(=O)OCC)c4ccc5ccccc5[n+]43)cc2)[n+]2c1ccc1ccccc12. The Hall–Kier alpha value is -5.64. The van der Waals surface area contributed by atoms with E-state index >= 15 is 0 Å². The van der Waals surface area contributed by atoms with Gasteiger partial charge in [-0.2, -0.15) is 0 Å². The number of carbonyl (C=O) groups excluding carboxylic acids is 2. The lowest BCUT2D eigenvalue weighted by Gasteiger charge is -2.03. The molecular weight excluding hydrogens is 532 g/mol. The van der Waals surface area contributed by atoms with E-state index in [1.54, 1.807) is 23.4 Å². The van der Waals surface area contributed by atoms with Crippen LogP contribution in [-0.4, -0.2) is 44.9 Å². The van der Waals surface area contributed by atoms with Gasteiger partial charge in [0.1, 0.15) is 11.4 Å². The molecule has 0 bridgehead atoms. The van der Waals surface area contributed by atoms with E-state index in [0.717, 1.165) is 33.2 Å². The first-order chi connectivity index (χ1) is 20.6. The van der Waals surface area contributed by atoms with Crippen molar-refractivity contribution < 1.29 is 28.1 Å². The minimum atomic E-state index is -0.488. The minimum Gasteiger partial charge on any atom is -0.459 e. The zero-order chi connectivity index (χ0) is 28.8. The molecule has 0 aliphatic heterocycles. The molecule has 4 heterocycles. The van der Waals surface area contributed by atoms with Gasteiger partial charge >= 0.3 is 23.3 Å². The average Bonchev–Trinajstić information content (AvgIpc) is 3.62. The van der Waals surface area contributed by atoms with Crippen molar-refractivity contribution in [3.63, 3.8) is 0 Å². The predicted octanol–water partition coefficient (Wildman–Crippen LogP) is 4.20. The number of aromatic nitrogens is 6. The molecule has 0 saturated carbocycles. The minimum absolute atomic E-state index is 0.228. The fraction of sp³-hybridized carbons (Fsp3) is 0.125. The third kappa shape index (κ3) is 3.95. The molecular formula is C32H26N6O4+2. The van der Waals surface area contributed by atoms with Crippen LogP contribution in [0.25, 0.3) is 44.2 Å². The van der Waals surface area contributed by atoms with Gasteiger partial charge in [-0.1, -0.05) is 36.4 Å². The molecule has 206 valence electrons. The van der Waals surface area contributed by atoms with Gasteiger partial charge < -0.3 is 9.47 Å². The number of esters is 2. The van der Waals surface area contributed by atoms with E-state index in [0.29, 0.717) is 11.0 Å². The summed E-state index contributed by atoms with van der Waals surface area (Å²) in [6, 6.07) is 31.1. The van der Waals surface area contributed by atoms with Gasteiger partial charge in [-0.25, -0.2) is 9.59 Å². The first-order valence-corrected chi connectivity index (χ1v) is 13.7. The molecule has 0 spiro atoms. The van der Waals surface area contributed by atoms with Crippen LogP contribution < -0.4 is 9.03 Å². The fourth-order valence-corrected chi connectivity index (χ4v) is 5.28. The molecule has 0 radical (unpaired) electrons. The summed E-state index contributed by atoms with van der Waals surface area (Å²) in [7, 11) is 0. The smallest absolute Gasteiger partial charge is 0.390 e. The Labute approximate surface area is 239 Å². The van der Waals surface area contributed by atoms with Gasteiger partial charge in [-0.15, -0.1) is 9.03 Å². The highest BCUT2D eigenvalue weighted by Gasteiger charge is 2.31. The highest BCUT2D eigenvalue weighted by Crippen LogP contribution is 2.20. The third-order valence-electron chi connectivity index (χ3n) is 7.13. The molecule has 0 unspecified atom stereocenters. The lowest BCUT2D eigenvalue weighted by molar-refractivity contribution is -0.577. The van der Waals surface area contributed by atoms with Crippen LogP contribution in [-0.2, 0) is 9.47 Å². The van der Waals surface area contributed by atoms with Gasteiger partial charge in [0.05, 0.1) is 23.4 Å². The summed E-state index contributed by atoms with van der Waals surface area (Å²) in [5.74, 6) is -0.975. The predicted molar refractivity (Wildman–Crippen MR) is 154 cm³/mol. The number of rotatable bonds is 6. The lowest BCUT2D eigenvalue weighted by Crippen LogP contribution is -2.34. The summed E-state index contributed by atoms with van der Waals surface area (Å²) in [4.78, 5) is 29.1. The maximum atomic E-state index is 12.9. The molecule has 0 N–H and O–H groups in total. The molecule has 42 heavy (non-hydrogen) atoms. The normalized spacial score (nSPS) is 11.5. The molecule has 0 amide bonds. The zero-order valence-electron chi connectivity index (χ0n) is 23.0. The van der Waals surface area contributed by atoms with Gasteiger partial charge in [-0.3, -0.25) is 0 Å². The number of para-hydroxylation sites is 2. The molecule has 0 atom stereocenters. The Bertz CT molecular complexity index is 2010. The maximum absolute atomic E-state index is 12.9. The quantitative estimate of drug-likeness (QED) is 0.224. The molecule has 0 fully saturated rings. The standard InChI is InChI=1S/C32H26N6O4/c1-3-41-31(39)29-27-19-13-21-9-5-7-11-25(21)35(27)37(33-29)23-15-17-24(18-16-23)38-34-30(32(40)42-4-2)28-20-14-22-10-6-8-12-26(22)36(28)38/h5-20H,3-4H2,1-2H3/q+2. The van der Waals surface area contributed by atoms with E-state index in [1.165, 1.54) is 0 Å². The Balaban J connectivity index is 1.42. The highest BCUT2D eigenvalue weighted by molar-refractivity contribution is 5.95. The third-order valence-corrected chi connectivity index (χ3v) is 7.13. The number of carbonyl (C=O) groups is 2. The summed E-state index contributed by atoms with van der Waals surface area (Å²) >= 11 is 0.